The molecule has 0 saturated carbocycles. The van der Waals surface area contributed by atoms with Crippen LogP contribution in [0.3, 0.4) is 0 Å². The molecule has 2 rings (SSSR count). The topological polar surface area (TPSA) is 49.3 Å². The lowest BCUT2D eigenvalue weighted by molar-refractivity contribution is -0.134. The number of hydrogen-bond acceptors (Lipinski definition) is 3. The number of aliphatic carboxylic acids is 1. The largest absolute Gasteiger partial charge is 0.480 e. The maximum atomic E-state index is 10.3. The Morgan fingerprint density at radius 1 is 1.43 bits per heavy atom. The van der Waals surface area contributed by atoms with Gasteiger partial charge in [0, 0.05) is 10.4 Å². The van der Waals surface area contributed by atoms with Gasteiger partial charge in [0.25, 0.3) is 0 Å². The summed E-state index contributed by atoms with van der Waals surface area (Å²) in [6, 6.07) is 7.85. The minimum Gasteiger partial charge on any atom is -0.480 e. The molecule has 0 unspecified atom stereocenters. The molecule has 1 heterocycles. The van der Waals surface area contributed by atoms with Gasteiger partial charge in [-0.25, -0.2) is 0 Å². The number of anilines is 1. The van der Waals surface area contributed by atoms with Crippen molar-refractivity contribution < 1.29 is 9.90 Å². The van der Waals surface area contributed by atoms with Gasteiger partial charge in [-0.1, -0.05) is 0 Å². The van der Waals surface area contributed by atoms with E-state index < -0.39 is 5.97 Å². The Balaban J connectivity index is 2.21. The molecule has 0 saturated heterocycles. The Bertz CT molecular complexity index is 464. The third-order valence-corrected chi connectivity index (χ3v) is 2.79. The lowest BCUT2D eigenvalue weighted by Crippen LogP contribution is -2.11. The van der Waals surface area contributed by atoms with Gasteiger partial charge in [-0.05, 0) is 35.0 Å². The molecule has 1 aromatic carbocycles. The molecule has 0 spiro atoms. The fourth-order valence-corrected chi connectivity index (χ4v) is 2.03. The molecule has 3 nitrogen and oxygen atoms in total. The molecule has 0 aliphatic heterocycles. The number of carboxylic acids is 1. The first-order chi connectivity index (χ1) is 6.75. The minimum absolute atomic E-state index is 0.0460. The number of rotatable bonds is 3. The van der Waals surface area contributed by atoms with Crippen LogP contribution in [0.25, 0.3) is 10.1 Å². The Morgan fingerprint density at radius 3 is 3.07 bits per heavy atom. The second kappa shape index (κ2) is 3.67. The second-order valence-electron chi connectivity index (χ2n) is 2.92. The zero-order valence-corrected chi connectivity index (χ0v) is 8.17. The van der Waals surface area contributed by atoms with Crippen LogP contribution in [0, 0.1) is 0 Å². The van der Waals surface area contributed by atoms with Crippen molar-refractivity contribution in [1.82, 2.24) is 0 Å². The monoisotopic (exact) mass is 207 g/mol. The van der Waals surface area contributed by atoms with Crippen LogP contribution in [-0.4, -0.2) is 17.6 Å². The highest BCUT2D eigenvalue weighted by Crippen LogP contribution is 2.23. The third kappa shape index (κ3) is 1.85. The molecule has 0 amide bonds. The molecule has 0 aliphatic rings. The first-order valence-corrected chi connectivity index (χ1v) is 5.06. The molecule has 0 atom stereocenters. The Labute approximate surface area is 85.0 Å². The van der Waals surface area contributed by atoms with E-state index in [-0.39, 0.29) is 6.54 Å². The number of benzene rings is 1. The summed E-state index contributed by atoms with van der Waals surface area (Å²) in [4.78, 5) is 10.3. The maximum Gasteiger partial charge on any atom is 0.322 e. The summed E-state index contributed by atoms with van der Waals surface area (Å²) in [5, 5.41) is 14.5. The molecule has 14 heavy (non-hydrogen) atoms. The van der Waals surface area contributed by atoms with E-state index in [1.807, 2.05) is 29.6 Å². The average molecular weight is 207 g/mol. The van der Waals surface area contributed by atoms with Crippen LogP contribution >= 0.6 is 11.3 Å². The fraction of sp³-hybridized carbons (Fsp3) is 0.100. The van der Waals surface area contributed by atoms with Crippen LogP contribution in [0.4, 0.5) is 5.69 Å². The zero-order chi connectivity index (χ0) is 9.97. The van der Waals surface area contributed by atoms with E-state index in [2.05, 4.69) is 5.32 Å². The summed E-state index contributed by atoms with van der Waals surface area (Å²) in [5.74, 6) is -0.851. The summed E-state index contributed by atoms with van der Waals surface area (Å²) >= 11 is 1.68. The molecule has 0 fully saturated rings. The minimum atomic E-state index is -0.851. The lowest BCUT2D eigenvalue weighted by atomic mass is 10.2. The summed E-state index contributed by atoms with van der Waals surface area (Å²) in [6.45, 7) is -0.0460. The smallest absolute Gasteiger partial charge is 0.322 e. The van der Waals surface area contributed by atoms with Crippen molar-refractivity contribution in [1.29, 1.82) is 0 Å². The van der Waals surface area contributed by atoms with Gasteiger partial charge in [-0.3, -0.25) is 4.79 Å². The number of hydrogen-bond donors (Lipinski definition) is 2. The Kier molecular flexibility index (Phi) is 2.37. The van der Waals surface area contributed by atoms with Gasteiger partial charge < -0.3 is 10.4 Å². The number of carboxylic acid groups (broad SMARTS) is 1. The van der Waals surface area contributed by atoms with Gasteiger partial charge in [0.2, 0.25) is 0 Å². The van der Waals surface area contributed by atoms with Crippen molar-refractivity contribution in [3.63, 3.8) is 0 Å². The summed E-state index contributed by atoms with van der Waals surface area (Å²) < 4.78 is 1.21. The molecule has 0 aliphatic carbocycles. The van der Waals surface area contributed by atoms with E-state index >= 15 is 0 Å². The first-order valence-electron chi connectivity index (χ1n) is 4.18. The lowest BCUT2D eigenvalue weighted by Gasteiger charge is -2.02. The Morgan fingerprint density at radius 2 is 2.29 bits per heavy atom. The van der Waals surface area contributed by atoms with Crippen LogP contribution < -0.4 is 5.32 Å². The highest BCUT2D eigenvalue weighted by Gasteiger charge is 1.99. The van der Waals surface area contributed by atoms with E-state index in [0.717, 1.165) is 11.1 Å². The summed E-state index contributed by atoms with van der Waals surface area (Å²) in [7, 11) is 0. The average Bonchev–Trinajstić information content (AvgIpc) is 2.61. The molecule has 72 valence electrons. The molecule has 1 aromatic heterocycles. The number of carbonyl (C=O) groups is 1. The van der Waals surface area contributed by atoms with Gasteiger partial charge >= 0.3 is 5.97 Å². The van der Waals surface area contributed by atoms with Gasteiger partial charge in [-0.2, -0.15) is 0 Å². The van der Waals surface area contributed by atoms with Crippen LogP contribution in [0.2, 0.25) is 0 Å². The normalized spacial score (nSPS) is 10.3. The van der Waals surface area contributed by atoms with Gasteiger partial charge in [0.15, 0.2) is 0 Å². The summed E-state index contributed by atoms with van der Waals surface area (Å²) in [5.41, 5.74) is 0.846. The van der Waals surface area contributed by atoms with E-state index in [1.54, 1.807) is 11.3 Å². The number of fused-ring (bicyclic) bond motifs is 1. The zero-order valence-electron chi connectivity index (χ0n) is 7.36. The van der Waals surface area contributed by atoms with Crippen LogP contribution in [0.1, 0.15) is 0 Å². The van der Waals surface area contributed by atoms with E-state index in [4.69, 9.17) is 5.11 Å². The highest BCUT2D eigenvalue weighted by atomic mass is 32.1. The van der Waals surface area contributed by atoms with Crippen LogP contribution in [-0.2, 0) is 4.79 Å². The molecule has 0 radical (unpaired) electrons. The molecular weight excluding hydrogens is 198 g/mol. The molecule has 0 bridgehead atoms. The van der Waals surface area contributed by atoms with Crippen molar-refractivity contribution in [2.24, 2.45) is 0 Å². The second-order valence-corrected chi connectivity index (χ2v) is 3.87. The van der Waals surface area contributed by atoms with Crippen molar-refractivity contribution in [3.05, 3.63) is 29.6 Å². The Hall–Kier alpha value is -1.55. The van der Waals surface area contributed by atoms with Crippen LogP contribution in [0.15, 0.2) is 29.6 Å². The maximum absolute atomic E-state index is 10.3. The van der Waals surface area contributed by atoms with Gasteiger partial charge in [0.1, 0.15) is 6.54 Å². The first kappa shape index (κ1) is 9.02. The molecular formula is C10H9NO2S. The van der Waals surface area contributed by atoms with Crippen molar-refractivity contribution >= 4 is 33.1 Å². The van der Waals surface area contributed by atoms with Gasteiger partial charge in [-0.15, -0.1) is 11.3 Å². The predicted octanol–water partition coefficient (Wildman–Crippen LogP) is 2.40. The molecule has 2 N–H and O–H groups in total. The van der Waals surface area contributed by atoms with Crippen molar-refractivity contribution in [2.45, 2.75) is 0 Å². The predicted molar refractivity (Wildman–Crippen MR) is 58.0 cm³/mol. The summed E-state index contributed by atoms with van der Waals surface area (Å²) in [6.07, 6.45) is 0. The SMILES string of the molecule is O=C(O)CNc1ccc2sccc2c1. The molecule has 4 heteroatoms. The standard InChI is InChI=1S/C10H9NO2S/c12-10(13)6-11-8-1-2-9-7(5-8)3-4-14-9/h1-5,11H,6H2,(H,12,13). The van der Waals surface area contributed by atoms with E-state index in [1.165, 1.54) is 4.70 Å². The quantitative estimate of drug-likeness (QED) is 0.812. The van der Waals surface area contributed by atoms with E-state index in [9.17, 15) is 4.79 Å². The van der Waals surface area contributed by atoms with Crippen LogP contribution in [0.5, 0.6) is 0 Å². The number of thiophene rings is 1. The number of nitrogens with one attached hydrogen (secondary N) is 1. The van der Waals surface area contributed by atoms with Crippen molar-refractivity contribution in [3.8, 4) is 0 Å². The van der Waals surface area contributed by atoms with E-state index in [0.29, 0.717) is 0 Å². The van der Waals surface area contributed by atoms with Gasteiger partial charge in [0.05, 0.1) is 0 Å². The molecule has 2 aromatic rings. The fourth-order valence-electron chi connectivity index (χ4n) is 1.25. The highest BCUT2D eigenvalue weighted by molar-refractivity contribution is 7.17. The van der Waals surface area contributed by atoms with Crippen molar-refractivity contribution in [2.75, 3.05) is 11.9 Å². The third-order valence-electron chi connectivity index (χ3n) is 1.90.